The maximum Gasteiger partial charge on any atom is 0.258 e. The molecule has 31 heavy (non-hydrogen) atoms. The third kappa shape index (κ3) is 4.37. The number of nitrogens with zero attached hydrogens (tertiary/aromatic N) is 1. The van der Waals surface area contributed by atoms with Crippen molar-refractivity contribution < 1.29 is 18.4 Å². The SMILES string of the molecule is COc1ccc(N2C(=O)C(O[Si](C(C)C)(C(C)C)C(C)C)C2/C=C/c2ccco2)cc1. The molecule has 5 nitrogen and oxygen atoms in total. The smallest absolute Gasteiger partial charge is 0.258 e. The Morgan fingerprint density at radius 1 is 1.00 bits per heavy atom. The van der Waals surface area contributed by atoms with Gasteiger partial charge in [0.2, 0.25) is 8.32 Å². The van der Waals surface area contributed by atoms with Gasteiger partial charge in [0, 0.05) is 5.69 Å². The quantitative estimate of drug-likeness (QED) is 0.339. The zero-order valence-electron chi connectivity index (χ0n) is 19.7. The predicted molar refractivity (Wildman–Crippen MR) is 128 cm³/mol. The van der Waals surface area contributed by atoms with Crippen LogP contribution in [0.3, 0.4) is 0 Å². The summed E-state index contributed by atoms with van der Waals surface area (Å²) < 4.78 is 17.6. The Morgan fingerprint density at radius 3 is 2.10 bits per heavy atom. The molecule has 168 valence electrons. The second-order valence-corrected chi connectivity index (χ2v) is 14.5. The summed E-state index contributed by atoms with van der Waals surface area (Å²) >= 11 is 0. The van der Waals surface area contributed by atoms with E-state index in [0.29, 0.717) is 16.6 Å². The highest BCUT2D eigenvalue weighted by Gasteiger charge is 2.55. The van der Waals surface area contributed by atoms with Crippen LogP contribution in [0.5, 0.6) is 5.75 Å². The van der Waals surface area contributed by atoms with Gasteiger partial charge in [-0.2, -0.15) is 0 Å². The summed E-state index contributed by atoms with van der Waals surface area (Å²) in [5, 5.41) is 0. The first-order valence-electron chi connectivity index (χ1n) is 11.1. The number of rotatable bonds is 9. The minimum atomic E-state index is -2.21. The lowest BCUT2D eigenvalue weighted by molar-refractivity contribution is -0.134. The van der Waals surface area contributed by atoms with Crippen molar-refractivity contribution in [2.45, 2.75) is 70.3 Å². The fraction of sp³-hybridized carbons (Fsp3) is 0.480. The molecule has 2 aromatic rings. The van der Waals surface area contributed by atoms with Gasteiger partial charge in [-0.25, -0.2) is 0 Å². The standard InChI is InChI=1S/C25H35NO4Si/c1-17(2)31(18(3)4,19(5)6)30-24-23(15-14-22-9-8-16-29-22)26(25(24)27)20-10-12-21(28-7)13-11-20/h8-19,23-24H,1-7H3/b15-14+. The molecule has 0 aliphatic carbocycles. The van der Waals surface area contributed by atoms with E-state index in [1.807, 2.05) is 53.5 Å². The lowest BCUT2D eigenvalue weighted by Gasteiger charge is -2.52. The third-order valence-corrected chi connectivity index (χ3v) is 12.6. The number of benzene rings is 1. The van der Waals surface area contributed by atoms with Crippen LogP contribution in [0.2, 0.25) is 16.6 Å². The number of carbonyl (C=O) groups is 1. The Hall–Kier alpha value is -2.31. The van der Waals surface area contributed by atoms with Gasteiger partial charge in [-0.1, -0.05) is 47.6 Å². The number of ether oxygens (including phenoxy) is 1. The second-order valence-electron chi connectivity index (χ2n) is 9.13. The minimum absolute atomic E-state index is 0.0121. The van der Waals surface area contributed by atoms with Crippen LogP contribution in [-0.2, 0) is 9.22 Å². The number of hydrogen-bond donors (Lipinski definition) is 0. The summed E-state index contributed by atoms with van der Waals surface area (Å²) in [6, 6.07) is 11.2. The molecule has 1 aliphatic heterocycles. The highest BCUT2D eigenvalue weighted by Crippen LogP contribution is 2.45. The molecular weight excluding hydrogens is 406 g/mol. The van der Waals surface area contributed by atoms with Crippen LogP contribution in [0, 0.1) is 0 Å². The molecule has 0 bridgehead atoms. The first kappa shape index (κ1) is 23.4. The Kier molecular flexibility index (Phi) is 7.12. The summed E-state index contributed by atoms with van der Waals surface area (Å²) in [5.74, 6) is 1.53. The summed E-state index contributed by atoms with van der Waals surface area (Å²) in [5.41, 5.74) is 2.06. The molecule has 0 N–H and O–H groups in total. The molecule has 1 aromatic carbocycles. The van der Waals surface area contributed by atoms with Crippen LogP contribution < -0.4 is 9.64 Å². The fourth-order valence-electron chi connectivity index (χ4n) is 5.04. The molecule has 1 aromatic heterocycles. The molecule has 2 unspecified atom stereocenters. The Balaban J connectivity index is 1.95. The second kappa shape index (κ2) is 9.45. The highest BCUT2D eigenvalue weighted by molar-refractivity contribution is 6.77. The fourth-order valence-corrected chi connectivity index (χ4v) is 10.5. The molecular formula is C25H35NO4Si. The molecule has 0 spiro atoms. The average molecular weight is 442 g/mol. The zero-order chi connectivity index (χ0) is 22.8. The van der Waals surface area contributed by atoms with Gasteiger partial charge in [0.15, 0.2) is 0 Å². The van der Waals surface area contributed by atoms with Crippen molar-refractivity contribution in [1.29, 1.82) is 0 Å². The number of amides is 1. The van der Waals surface area contributed by atoms with E-state index in [9.17, 15) is 4.79 Å². The van der Waals surface area contributed by atoms with E-state index in [1.54, 1.807) is 13.4 Å². The summed E-state index contributed by atoms with van der Waals surface area (Å²) in [6.45, 7) is 13.4. The summed E-state index contributed by atoms with van der Waals surface area (Å²) in [4.78, 5) is 15.2. The normalized spacial score (nSPS) is 19.7. The molecule has 0 saturated carbocycles. The van der Waals surface area contributed by atoms with Crippen LogP contribution in [0.15, 0.2) is 53.2 Å². The van der Waals surface area contributed by atoms with E-state index < -0.39 is 14.4 Å². The van der Waals surface area contributed by atoms with Crippen molar-refractivity contribution in [3.8, 4) is 5.75 Å². The van der Waals surface area contributed by atoms with Crippen molar-refractivity contribution in [3.05, 3.63) is 54.5 Å². The first-order valence-corrected chi connectivity index (χ1v) is 13.2. The summed E-state index contributed by atoms with van der Waals surface area (Å²) in [6.07, 6.45) is 5.12. The maximum atomic E-state index is 13.4. The number of carbonyl (C=O) groups excluding carboxylic acids is 1. The molecule has 2 atom stereocenters. The summed E-state index contributed by atoms with van der Waals surface area (Å²) in [7, 11) is -0.574. The maximum absolute atomic E-state index is 13.4. The van der Waals surface area contributed by atoms with Gasteiger partial charge in [-0.3, -0.25) is 4.79 Å². The topological polar surface area (TPSA) is 51.9 Å². The Labute approximate surface area is 187 Å². The molecule has 2 heterocycles. The first-order chi connectivity index (χ1) is 14.7. The van der Waals surface area contributed by atoms with Gasteiger partial charge >= 0.3 is 0 Å². The minimum Gasteiger partial charge on any atom is -0.497 e. The molecule has 1 saturated heterocycles. The van der Waals surface area contributed by atoms with Crippen molar-refractivity contribution in [3.63, 3.8) is 0 Å². The monoisotopic (exact) mass is 441 g/mol. The number of hydrogen-bond acceptors (Lipinski definition) is 4. The van der Waals surface area contributed by atoms with Crippen molar-refractivity contribution >= 4 is 26.0 Å². The third-order valence-electron chi connectivity index (χ3n) is 6.48. The molecule has 1 fully saturated rings. The lowest BCUT2D eigenvalue weighted by Crippen LogP contribution is -2.69. The van der Waals surface area contributed by atoms with E-state index in [0.717, 1.165) is 17.2 Å². The van der Waals surface area contributed by atoms with Crippen LogP contribution in [0.1, 0.15) is 47.3 Å². The number of anilines is 1. The van der Waals surface area contributed by atoms with E-state index in [4.69, 9.17) is 13.6 Å². The number of methoxy groups -OCH3 is 1. The average Bonchev–Trinajstić information content (AvgIpc) is 3.24. The molecule has 3 rings (SSSR count). The van der Waals surface area contributed by atoms with Gasteiger partial charge < -0.3 is 18.5 Å². The lowest BCUT2D eigenvalue weighted by atomic mass is 9.96. The van der Waals surface area contributed by atoms with Gasteiger partial charge in [0.25, 0.3) is 5.91 Å². The van der Waals surface area contributed by atoms with E-state index in [2.05, 4.69) is 41.5 Å². The molecule has 1 aliphatic rings. The Morgan fingerprint density at radius 2 is 1.61 bits per heavy atom. The van der Waals surface area contributed by atoms with Crippen molar-refractivity contribution in [1.82, 2.24) is 0 Å². The van der Waals surface area contributed by atoms with Gasteiger partial charge in [-0.05, 0) is 59.1 Å². The van der Waals surface area contributed by atoms with Crippen LogP contribution >= 0.6 is 0 Å². The molecule has 6 heteroatoms. The van der Waals surface area contributed by atoms with Crippen LogP contribution in [0.4, 0.5) is 5.69 Å². The van der Waals surface area contributed by atoms with Crippen molar-refractivity contribution in [2.24, 2.45) is 0 Å². The highest BCUT2D eigenvalue weighted by atomic mass is 28.4. The molecule has 0 radical (unpaired) electrons. The van der Waals surface area contributed by atoms with Crippen molar-refractivity contribution in [2.75, 3.05) is 12.0 Å². The van der Waals surface area contributed by atoms with E-state index >= 15 is 0 Å². The molecule has 1 amide bonds. The van der Waals surface area contributed by atoms with Gasteiger partial charge in [0.05, 0.1) is 19.4 Å². The largest absolute Gasteiger partial charge is 0.497 e. The number of furan rings is 1. The van der Waals surface area contributed by atoms with Crippen LogP contribution in [-0.4, -0.2) is 33.5 Å². The van der Waals surface area contributed by atoms with Gasteiger partial charge in [0.1, 0.15) is 17.6 Å². The predicted octanol–water partition coefficient (Wildman–Crippen LogP) is 6.28. The Bertz CT molecular complexity index is 865. The van der Waals surface area contributed by atoms with E-state index in [-0.39, 0.29) is 11.9 Å². The zero-order valence-corrected chi connectivity index (χ0v) is 20.7. The number of β-lactam (4-membered cyclic amide) rings is 1. The van der Waals surface area contributed by atoms with Gasteiger partial charge in [-0.15, -0.1) is 0 Å². The van der Waals surface area contributed by atoms with Crippen LogP contribution in [0.25, 0.3) is 6.08 Å². The van der Waals surface area contributed by atoms with E-state index in [1.165, 1.54) is 0 Å².